The number of primary amides is 1. The second-order valence-corrected chi connectivity index (χ2v) is 4.82. The zero-order chi connectivity index (χ0) is 14.4. The fraction of sp³-hybridized carbons (Fsp3) is 0.250. The van der Waals surface area contributed by atoms with Gasteiger partial charge in [0.25, 0.3) is 0 Å². The van der Waals surface area contributed by atoms with Crippen LogP contribution in [-0.2, 0) is 14.4 Å². The van der Waals surface area contributed by atoms with E-state index in [1.807, 2.05) is 18.4 Å². The Morgan fingerprint density at radius 2 is 2.21 bits per heavy atom. The SMILES string of the molecule is Cc1ccsc1C=CC(=O)N[C@@H](CC(N)=O)C(=O)O. The number of carboxylic acids is 1. The second-order valence-electron chi connectivity index (χ2n) is 3.87. The smallest absolute Gasteiger partial charge is 0.326 e. The molecule has 4 N–H and O–H groups in total. The fourth-order valence-corrected chi connectivity index (χ4v) is 2.15. The average molecular weight is 282 g/mol. The molecular weight excluding hydrogens is 268 g/mol. The van der Waals surface area contributed by atoms with Crippen LogP contribution in [0.2, 0.25) is 0 Å². The third kappa shape index (κ3) is 4.92. The molecule has 6 nitrogen and oxygen atoms in total. The molecule has 0 saturated heterocycles. The number of hydrogen-bond acceptors (Lipinski definition) is 4. The van der Waals surface area contributed by atoms with Crippen molar-refractivity contribution in [1.82, 2.24) is 5.32 Å². The molecule has 0 bridgehead atoms. The zero-order valence-electron chi connectivity index (χ0n) is 10.3. The molecule has 19 heavy (non-hydrogen) atoms. The van der Waals surface area contributed by atoms with Gasteiger partial charge in [-0.2, -0.15) is 0 Å². The molecule has 0 radical (unpaired) electrons. The first kappa shape index (κ1) is 14.9. The van der Waals surface area contributed by atoms with E-state index in [2.05, 4.69) is 5.32 Å². The van der Waals surface area contributed by atoms with Gasteiger partial charge in [-0.25, -0.2) is 4.79 Å². The highest BCUT2D eigenvalue weighted by Crippen LogP contribution is 2.16. The van der Waals surface area contributed by atoms with E-state index in [4.69, 9.17) is 10.8 Å². The first-order valence-corrected chi connectivity index (χ1v) is 6.32. The number of nitrogens with one attached hydrogen (secondary N) is 1. The summed E-state index contributed by atoms with van der Waals surface area (Å²) in [6, 6.07) is 0.606. The minimum absolute atomic E-state index is 0.438. The third-order valence-corrected chi connectivity index (χ3v) is 3.29. The Kier molecular flexibility index (Phi) is 5.25. The molecule has 0 spiro atoms. The highest BCUT2D eigenvalue weighted by Gasteiger charge is 2.20. The number of aryl methyl sites for hydroxylation is 1. The molecule has 0 saturated carbocycles. The van der Waals surface area contributed by atoms with Crippen molar-refractivity contribution in [3.8, 4) is 0 Å². The highest BCUT2D eigenvalue weighted by molar-refractivity contribution is 7.11. The van der Waals surface area contributed by atoms with Gasteiger partial charge >= 0.3 is 5.97 Å². The maximum Gasteiger partial charge on any atom is 0.326 e. The van der Waals surface area contributed by atoms with Crippen molar-refractivity contribution < 1.29 is 19.5 Å². The van der Waals surface area contributed by atoms with Crippen LogP contribution >= 0.6 is 11.3 Å². The van der Waals surface area contributed by atoms with E-state index < -0.39 is 30.2 Å². The Morgan fingerprint density at radius 3 is 2.68 bits per heavy atom. The van der Waals surface area contributed by atoms with Gasteiger partial charge in [0.15, 0.2) is 0 Å². The van der Waals surface area contributed by atoms with Crippen LogP contribution in [0.3, 0.4) is 0 Å². The average Bonchev–Trinajstić information content (AvgIpc) is 2.70. The number of carboxylic acid groups (broad SMARTS) is 1. The first-order chi connectivity index (χ1) is 8.90. The van der Waals surface area contributed by atoms with E-state index in [0.29, 0.717) is 0 Å². The maximum absolute atomic E-state index is 11.5. The van der Waals surface area contributed by atoms with E-state index >= 15 is 0 Å². The molecule has 2 amide bonds. The van der Waals surface area contributed by atoms with Crippen molar-refractivity contribution in [1.29, 1.82) is 0 Å². The number of carbonyl (C=O) groups excluding carboxylic acids is 2. The van der Waals surface area contributed by atoms with Crippen molar-refractivity contribution in [3.63, 3.8) is 0 Å². The Morgan fingerprint density at radius 1 is 1.53 bits per heavy atom. The lowest BCUT2D eigenvalue weighted by atomic mass is 10.2. The molecule has 102 valence electrons. The van der Waals surface area contributed by atoms with Gasteiger partial charge in [-0.3, -0.25) is 9.59 Å². The van der Waals surface area contributed by atoms with Gasteiger partial charge in [0.2, 0.25) is 11.8 Å². The monoisotopic (exact) mass is 282 g/mol. The van der Waals surface area contributed by atoms with E-state index in [-0.39, 0.29) is 0 Å². The topological polar surface area (TPSA) is 109 Å². The van der Waals surface area contributed by atoms with Crippen molar-refractivity contribution in [2.75, 3.05) is 0 Å². The minimum atomic E-state index is -1.31. The summed E-state index contributed by atoms with van der Waals surface area (Å²) in [6.07, 6.45) is 2.39. The number of thiophene rings is 1. The van der Waals surface area contributed by atoms with Crippen LogP contribution in [0.25, 0.3) is 6.08 Å². The Balaban J connectivity index is 2.63. The van der Waals surface area contributed by atoms with Crippen molar-refractivity contribution in [2.45, 2.75) is 19.4 Å². The number of amides is 2. The van der Waals surface area contributed by atoms with Crippen LogP contribution in [-0.4, -0.2) is 28.9 Å². The lowest BCUT2D eigenvalue weighted by Crippen LogP contribution is -2.42. The number of rotatable bonds is 6. The van der Waals surface area contributed by atoms with Crippen LogP contribution in [0.1, 0.15) is 16.9 Å². The molecule has 1 atom stereocenters. The number of aliphatic carboxylic acids is 1. The van der Waals surface area contributed by atoms with Gasteiger partial charge in [-0.1, -0.05) is 0 Å². The quantitative estimate of drug-likeness (QED) is 0.660. The first-order valence-electron chi connectivity index (χ1n) is 5.44. The predicted octanol–water partition coefficient (Wildman–Crippen LogP) is 0.515. The molecule has 0 fully saturated rings. The predicted molar refractivity (Wildman–Crippen MR) is 71.5 cm³/mol. The number of nitrogens with two attached hydrogens (primary N) is 1. The van der Waals surface area contributed by atoms with E-state index in [1.165, 1.54) is 17.4 Å². The van der Waals surface area contributed by atoms with Crippen LogP contribution in [0.5, 0.6) is 0 Å². The van der Waals surface area contributed by atoms with Crippen molar-refractivity contribution in [3.05, 3.63) is 28.0 Å². The molecular formula is C12H14N2O4S. The standard InChI is InChI=1S/C12H14N2O4S/c1-7-4-5-19-9(7)2-3-11(16)14-8(12(17)18)6-10(13)15/h2-5,8H,6H2,1H3,(H2,13,15)(H,14,16)(H,17,18)/t8-/m0/s1. The van der Waals surface area contributed by atoms with Gasteiger partial charge in [-0.15, -0.1) is 11.3 Å². The summed E-state index contributed by atoms with van der Waals surface area (Å²) in [6.45, 7) is 1.90. The molecule has 0 aliphatic rings. The fourth-order valence-electron chi connectivity index (χ4n) is 1.33. The molecule has 0 aliphatic heterocycles. The molecule has 1 heterocycles. The highest BCUT2D eigenvalue weighted by atomic mass is 32.1. The molecule has 7 heteroatoms. The number of carbonyl (C=O) groups is 3. The summed E-state index contributed by atoms with van der Waals surface area (Å²) in [5, 5.41) is 12.9. The van der Waals surface area contributed by atoms with Gasteiger partial charge in [0.1, 0.15) is 6.04 Å². The molecule has 1 aromatic heterocycles. The largest absolute Gasteiger partial charge is 0.480 e. The van der Waals surface area contributed by atoms with E-state index in [1.54, 1.807) is 6.08 Å². The van der Waals surface area contributed by atoms with Gasteiger partial charge < -0.3 is 16.2 Å². The third-order valence-electron chi connectivity index (χ3n) is 2.31. The van der Waals surface area contributed by atoms with Crippen LogP contribution < -0.4 is 11.1 Å². The summed E-state index contributed by atoms with van der Waals surface area (Å²) in [7, 11) is 0. The van der Waals surface area contributed by atoms with E-state index in [0.717, 1.165) is 10.4 Å². The van der Waals surface area contributed by atoms with Gasteiger partial charge in [0, 0.05) is 11.0 Å². The van der Waals surface area contributed by atoms with Crippen LogP contribution in [0.4, 0.5) is 0 Å². The zero-order valence-corrected chi connectivity index (χ0v) is 11.1. The maximum atomic E-state index is 11.5. The molecule has 0 aromatic carbocycles. The summed E-state index contributed by atoms with van der Waals surface area (Å²) in [5.41, 5.74) is 5.94. The Hall–Kier alpha value is -2.15. The molecule has 1 rings (SSSR count). The normalized spacial score (nSPS) is 12.3. The second kappa shape index (κ2) is 6.69. The van der Waals surface area contributed by atoms with Crippen LogP contribution in [0, 0.1) is 6.92 Å². The van der Waals surface area contributed by atoms with E-state index in [9.17, 15) is 14.4 Å². The summed E-state index contributed by atoms with van der Waals surface area (Å²) in [4.78, 5) is 33.9. The van der Waals surface area contributed by atoms with Crippen molar-refractivity contribution in [2.24, 2.45) is 5.73 Å². The Bertz CT molecular complexity index is 522. The van der Waals surface area contributed by atoms with Gasteiger partial charge in [-0.05, 0) is 30.0 Å². The lowest BCUT2D eigenvalue weighted by molar-refractivity contribution is -0.142. The summed E-state index contributed by atoms with van der Waals surface area (Å²) in [5.74, 6) is -2.67. The lowest BCUT2D eigenvalue weighted by Gasteiger charge is -2.10. The molecule has 1 aromatic rings. The summed E-state index contributed by atoms with van der Waals surface area (Å²) < 4.78 is 0. The molecule has 0 unspecified atom stereocenters. The summed E-state index contributed by atoms with van der Waals surface area (Å²) >= 11 is 1.47. The van der Waals surface area contributed by atoms with Gasteiger partial charge in [0.05, 0.1) is 6.42 Å². The Labute approximate surface area is 113 Å². The number of hydrogen-bond donors (Lipinski definition) is 3. The van der Waals surface area contributed by atoms with Crippen LogP contribution in [0.15, 0.2) is 17.5 Å². The molecule has 0 aliphatic carbocycles. The minimum Gasteiger partial charge on any atom is -0.480 e. The van der Waals surface area contributed by atoms with Crippen molar-refractivity contribution >= 4 is 35.2 Å².